The van der Waals surface area contributed by atoms with E-state index in [0.29, 0.717) is 35.7 Å². The first-order valence-electron chi connectivity index (χ1n) is 7.39. The van der Waals surface area contributed by atoms with Crippen LogP contribution in [0.15, 0.2) is 35.9 Å². The first-order valence-corrected chi connectivity index (χ1v) is 7.77. The van der Waals surface area contributed by atoms with Crippen molar-refractivity contribution in [2.24, 2.45) is 0 Å². The largest absolute Gasteiger partial charge is 0.468 e. The lowest BCUT2D eigenvalue weighted by Crippen LogP contribution is -2.43. The number of ketones is 1. The van der Waals surface area contributed by atoms with Gasteiger partial charge in [-0.3, -0.25) is 9.69 Å². The molecule has 0 spiro atoms. The predicted octanol–water partition coefficient (Wildman–Crippen LogP) is 2.14. The molecular weight excluding hydrogens is 318 g/mol. The van der Waals surface area contributed by atoms with E-state index in [2.05, 4.69) is 0 Å². The highest BCUT2D eigenvalue weighted by molar-refractivity contribution is 6.31. The minimum Gasteiger partial charge on any atom is -0.468 e. The average Bonchev–Trinajstić information content (AvgIpc) is 2.51. The van der Waals surface area contributed by atoms with Gasteiger partial charge in [0.25, 0.3) is 0 Å². The van der Waals surface area contributed by atoms with Crippen molar-refractivity contribution in [1.29, 1.82) is 0 Å². The van der Waals surface area contributed by atoms with E-state index in [1.165, 1.54) is 20.1 Å². The zero-order valence-electron chi connectivity index (χ0n) is 13.2. The van der Waals surface area contributed by atoms with E-state index in [-0.39, 0.29) is 5.78 Å². The molecule has 0 aromatic heterocycles. The van der Waals surface area contributed by atoms with Crippen LogP contribution in [0.2, 0.25) is 5.02 Å². The van der Waals surface area contributed by atoms with E-state index in [1.807, 2.05) is 11.0 Å². The molecule has 1 aromatic rings. The molecule has 0 amide bonds. The maximum atomic E-state index is 12.3. The molecule has 0 unspecified atom stereocenters. The molecule has 1 fully saturated rings. The van der Waals surface area contributed by atoms with Crippen LogP contribution in [-0.2, 0) is 14.3 Å². The smallest absolute Gasteiger partial charge is 0.327 e. The Morgan fingerprint density at radius 3 is 2.74 bits per heavy atom. The Bertz CT molecular complexity index is 629. The van der Waals surface area contributed by atoms with Crippen LogP contribution in [-0.4, -0.2) is 48.1 Å². The third-order valence-electron chi connectivity index (χ3n) is 3.88. The van der Waals surface area contributed by atoms with Gasteiger partial charge < -0.3 is 9.84 Å². The van der Waals surface area contributed by atoms with Gasteiger partial charge in [0, 0.05) is 18.1 Å². The van der Waals surface area contributed by atoms with E-state index in [1.54, 1.807) is 18.2 Å². The summed E-state index contributed by atoms with van der Waals surface area (Å²) in [5.74, 6) is -0.551. The normalized spacial score (nSPS) is 21.9. The van der Waals surface area contributed by atoms with E-state index in [9.17, 15) is 14.7 Å². The summed E-state index contributed by atoms with van der Waals surface area (Å²) in [6.45, 7) is 2.25. The SMILES string of the molecule is COC(=O)[C@H](c1ccccc1Cl)N1CC[C@H](O)/C(=C/C(C)=O)C1. The van der Waals surface area contributed by atoms with Crippen molar-refractivity contribution in [2.45, 2.75) is 25.5 Å². The van der Waals surface area contributed by atoms with Crippen LogP contribution in [0.3, 0.4) is 0 Å². The van der Waals surface area contributed by atoms with Crippen LogP contribution >= 0.6 is 11.6 Å². The third kappa shape index (κ3) is 4.19. The molecule has 2 atom stereocenters. The average molecular weight is 338 g/mol. The maximum Gasteiger partial charge on any atom is 0.327 e. The van der Waals surface area contributed by atoms with Gasteiger partial charge in [0.15, 0.2) is 5.78 Å². The molecule has 0 saturated carbocycles. The number of allylic oxidation sites excluding steroid dienone is 1. The Morgan fingerprint density at radius 2 is 2.13 bits per heavy atom. The summed E-state index contributed by atoms with van der Waals surface area (Å²) in [7, 11) is 1.33. The first-order chi connectivity index (χ1) is 10.9. The van der Waals surface area contributed by atoms with Crippen molar-refractivity contribution in [3.63, 3.8) is 0 Å². The number of esters is 1. The monoisotopic (exact) mass is 337 g/mol. The minimum absolute atomic E-state index is 0.131. The number of piperidine rings is 1. The number of halogens is 1. The molecular formula is C17H20ClNO4. The Morgan fingerprint density at radius 1 is 1.43 bits per heavy atom. The summed E-state index contributed by atoms with van der Waals surface area (Å²) in [4.78, 5) is 25.5. The number of carbonyl (C=O) groups is 2. The molecule has 0 radical (unpaired) electrons. The van der Waals surface area contributed by atoms with Crippen LogP contribution in [0.1, 0.15) is 24.9 Å². The fourth-order valence-electron chi connectivity index (χ4n) is 2.80. The molecule has 0 aliphatic carbocycles. The molecule has 2 rings (SSSR count). The zero-order chi connectivity index (χ0) is 17.0. The third-order valence-corrected chi connectivity index (χ3v) is 4.23. The molecule has 0 bridgehead atoms. The zero-order valence-corrected chi connectivity index (χ0v) is 13.9. The van der Waals surface area contributed by atoms with Crippen LogP contribution in [0.25, 0.3) is 0 Å². The van der Waals surface area contributed by atoms with Crippen molar-refractivity contribution in [1.82, 2.24) is 4.90 Å². The summed E-state index contributed by atoms with van der Waals surface area (Å²) in [5, 5.41) is 10.5. The number of likely N-dealkylation sites (tertiary alicyclic amines) is 1. The summed E-state index contributed by atoms with van der Waals surface area (Å²) in [5.41, 5.74) is 1.25. The highest BCUT2D eigenvalue weighted by Crippen LogP contribution is 2.32. The number of hydrogen-bond donors (Lipinski definition) is 1. The van der Waals surface area contributed by atoms with Gasteiger partial charge in [-0.05, 0) is 36.6 Å². The lowest BCUT2D eigenvalue weighted by Gasteiger charge is -2.36. The Labute approximate surface area is 140 Å². The van der Waals surface area contributed by atoms with Crippen molar-refractivity contribution in [3.8, 4) is 0 Å². The standard InChI is InChI=1S/C17H20ClNO4/c1-11(20)9-12-10-19(8-7-15(12)21)16(17(22)23-2)13-5-3-4-6-14(13)18/h3-6,9,15-16,21H,7-8,10H2,1-2H3/b12-9+/t15-,16-/m0/s1. The van der Waals surface area contributed by atoms with Gasteiger partial charge in [0.2, 0.25) is 0 Å². The van der Waals surface area contributed by atoms with E-state index in [4.69, 9.17) is 16.3 Å². The highest BCUT2D eigenvalue weighted by atomic mass is 35.5. The molecule has 5 nitrogen and oxygen atoms in total. The second-order valence-corrected chi connectivity index (χ2v) is 5.96. The lowest BCUT2D eigenvalue weighted by atomic mass is 9.96. The number of aliphatic hydroxyl groups is 1. The number of hydrogen-bond acceptors (Lipinski definition) is 5. The molecule has 1 aromatic carbocycles. The summed E-state index contributed by atoms with van der Waals surface area (Å²) in [6, 6.07) is 6.43. The summed E-state index contributed by atoms with van der Waals surface area (Å²) in [6.07, 6.45) is 1.20. The van der Waals surface area contributed by atoms with Crippen LogP contribution in [0.4, 0.5) is 0 Å². The molecule has 1 aliphatic heterocycles. The molecule has 1 heterocycles. The van der Waals surface area contributed by atoms with Gasteiger partial charge in [0.1, 0.15) is 6.04 Å². The predicted molar refractivity (Wildman–Crippen MR) is 87.2 cm³/mol. The van der Waals surface area contributed by atoms with Crippen molar-refractivity contribution in [3.05, 3.63) is 46.5 Å². The van der Waals surface area contributed by atoms with Gasteiger partial charge in [-0.2, -0.15) is 0 Å². The second kappa shape index (κ2) is 7.73. The Balaban J connectivity index is 2.35. The van der Waals surface area contributed by atoms with E-state index in [0.717, 1.165) is 0 Å². The quantitative estimate of drug-likeness (QED) is 0.673. The van der Waals surface area contributed by atoms with Crippen molar-refractivity contribution in [2.75, 3.05) is 20.2 Å². The summed E-state index contributed by atoms with van der Waals surface area (Å²) >= 11 is 6.24. The molecule has 23 heavy (non-hydrogen) atoms. The summed E-state index contributed by atoms with van der Waals surface area (Å²) < 4.78 is 4.93. The fraction of sp³-hybridized carbons (Fsp3) is 0.412. The number of nitrogens with zero attached hydrogens (tertiary/aromatic N) is 1. The van der Waals surface area contributed by atoms with Gasteiger partial charge >= 0.3 is 5.97 Å². The van der Waals surface area contributed by atoms with E-state index < -0.39 is 18.1 Å². The molecule has 1 aliphatic rings. The van der Waals surface area contributed by atoms with Crippen molar-refractivity contribution < 1.29 is 19.4 Å². The van der Waals surface area contributed by atoms with Crippen LogP contribution < -0.4 is 0 Å². The minimum atomic E-state index is -0.670. The van der Waals surface area contributed by atoms with Gasteiger partial charge in [-0.15, -0.1) is 0 Å². The lowest BCUT2D eigenvalue weighted by molar-refractivity contribution is -0.147. The van der Waals surface area contributed by atoms with Crippen LogP contribution in [0.5, 0.6) is 0 Å². The first kappa shape index (κ1) is 17.7. The highest BCUT2D eigenvalue weighted by Gasteiger charge is 2.34. The second-order valence-electron chi connectivity index (χ2n) is 5.55. The molecule has 1 saturated heterocycles. The topological polar surface area (TPSA) is 66.8 Å². The van der Waals surface area contributed by atoms with Gasteiger partial charge in [-0.1, -0.05) is 29.8 Å². The Kier molecular flexibility index (Phi) is 5.93. The van der Waals surface area contributed by atoms with Crippen LogP contribution in [0, 0.1) is 0 Å². The van der Waals surface area contributed by atoms with Gasteiger partial charge in [-0.25, -0.2) is 4.79 Å². The number of methoxy groups -OCH3 is 1. The molecule has 6 heteroatoms. The van der Waals surface area contributed by atoms with Gasteiger partial charge in [0.05, 0.1) is 13.2 Å². The maximum absolute atomic E-state index is 12.3. The number of rotatable bonds is 4. The Hall–Kier alpha value is -1.69. The molecule has 124 valence electrons. The number of carbonyl (C=O) groups excluding carboxylic acids is 2. The van der Waals surface area contributed by atoms with Crippen molar-refractivity contribution >= 4 is 23.4 Å². The number of benzene rings is 1. The number of ether oxygens (including phenoxy) is 1. The fourth-order valence-corrected chi connectivity index (χ4v) is 3.04. The number of aliphatic hydroxyl groups excluding tert-OH is 1. The van der Waals surface area contributed by atoms with E-state index >= 15 is 0 Å². The molecule has 1 N–H and O–H groups in total.